The molecule has 2 atom stereocenters. The molecular weight excluding hydrogens is 202 g/mol. The summed E-state index contributed by atoms with van der Waals surface area (Å²) in [5.41, 5.74) is -0.656. The molecule has 0 saturated carbocycles. The minimum Gasteiger partial charge on any atom is -0.465 e. The molecule has 0 saturated heterocycles. The fourth-order valence-corrected chi connectivity index (χ4v) is 1.63. The number of rotatable bonds is 6. The minimum atomic E-state index is -0.656. The zero-order valence-electron chi connectivity index (χ0n) is 10.7. The normalized spacial score (nSPS) is 17.1. The van der Waals surface area contributed by atoms with Crippen LogP contribution in [0.5, 0.6) is 0 Å². The van der Waals surface area contributed by atoms with Gasteiger partial charge in [0.1, 0.15) is 11.5 Å². The van der Waals surface area contributed by atoms with Crippen molar-refractivity contribution in [2.45, 2.75) is 46.3 Å². The van der Waals surface area contributed by atoms with Crippen molar-refractivity contribution in [3.05, 3.63) is 23.7 Å². The molecule has 3 heteroatoms. The summed E-state index contributed by atoms with van der Waals surface area (Å²) in [7, 11) is 0. The van der Waals surface area contributed by atoms with Crippen LogP contribution in [0.25, 0.3) is 0 Å². The predicted molar refractivity (Wildman–Crippen MR) is 65.2 cm³/mol. The van der Waals surface area contributed by atoms with Gasteiger partial charge in [-0.15, -0.1) is 0 Å². The zero-order valence-corrected chi connectivity index (χ0v) is 10.7. The summed E-state index contributed by atoms with van der Waals surface area (Å²) in [6.07, 6.45) is 0.981. The second-order valence-corrected chi connectivity index (χ2v) is 4.78. The molecule has 2 unspecified atom stereocenters. The van der Waals surface area contributed by atoms with Gasteiger partial charge in [0.15, 0.2) is 0 Å². The molecule has 0 radical (unpaired) electrons. The monoisotopic (exact) mass is 225 g/mol. The van der Waals surface area contributed by atoms with Gasteiger partial charge in [-0.2, -0.15) is 0 Å². The van der Waals surface area contributed by atoms with Crippen LogP contribution >= 0.6 is 0 Å². The number of nitrogens with one attached hydrogen (secondary N) is 1. The Morgan fingerprint density at radius 3 is 2.69 bits per heavy atom. The Morgan fingerprint density at radius 1 is 1.50 bits per heavy atom. The third kappa shape index (κ3) is 3.65. The predicted octanol–water partition coefficient (Wildman–Crippen LogP) is 2.47. The van der Waals surface area contributed by atoms with Crippen LogP contribution in [0.15, 0.2) is 16.5 Å². The number of hydrogen-bond donors (Lipinski definition) is 2. The van der Waals surface area contributed by atoms with Gasteiger partial charge in [-0.25, -0.2) is 0 Å². The Balaban J connectivity index is 2.35. The molecule has 0 amide bonds. The highest BCUT2D eigenvalue weighted by Gasteiger charge is 2.26. The average Bonchev–Trinajstić information content (AvgIpc) is 2.62. The maximum Gasteiger partial charge on any atom is 0.117 e. The van der Waals surface area contributed by atoms with E-state index < -0.39 is 5.60 Å². The molecule has 0 bridgehead atoms. The van der Waals surface area contributed by atoms with Crippen LogP contribution < -0.4 is 5.32 Å². The Morgan fingerprint density at radius 2 is 2.19 bits per heavy atom. The van der Waals surface area contributed by atoms with Crippen LogP contribution in [0.4, 0.5) is 0 Å². The van der Waals surface area contributed by atoms with E-state index in [9.17, 15) is 5.11 Å². The van der Waals surface area contributed by atoms with E-state index >= 15 is 0 Å². The molecule has 0 spiro atoms. The van der Waals surface area contributed by atoms with E-state index in [4.69, 9.17) is 4.42 Å². The van der Waals surface area contributed by atoms with Crippen molar-refractivity contribution in [1.82, 2.24) is 5.32 Å². The van der Waals surface area contributed by atoms with Gasteiger partial charge in [0.05, 0.1) is 12.1 Å². The number of aliphatic hydroxyl groups is 1. The van der Waals surface area contributed by atoms with Crippen molar-refractivity contribution in [2.75, 3.05) is 6.54 Å². The van der Waals surface area contributed by atoms with E-state index in [2.05, 4.69) is 19.2 Å². The van der Waals surface area contributed by atoms with Crippen molar-refractivity contribution in [2.24, 2.45) is 5.92 Å². The summed E-state index contributed by atoms with van der Waals surface area (Å²) < 4.78 is 5.44. The molecule has 1 aromatic rings. The van der Waals surface area contributed by atoms with Gasteiger partial charge in [0.25, 0.3) is 0 Å². The highest BCUT2D eigenvalue weighted by Crippen LogP contribution is 2.19. The molecule has 0 aliphatic rings. The summed E-state index contributed by atoms with van der Waals surface area (Å²) >= 11 is 0. The maximum absolute atomic E-state index is 10.2. The van der Waals surface area contributed by atoms with E-state index in [0.29, 0.717) is 19.0 Å². The van der Waals surface area contributed by atoms with E-state index in [1.807, 2.05) is 26.0 Å². The summed E-state index contributed by atoms with van der Waals surface area (Å²) in [6.45, 7) is 9.22. The second-order valence-electron chi connectivity index (χ2n) is 4.78. The first-order valence-corrected chi connectivity index (χ1v) is 5.94. The van der Waals surface area contributed by atoms with Crippen LogP contribution in [-0.4, -0.2) is 17.3 Å². The fourth-order valence-electron chi connectivity index (χ4n) is 1.63. The highest BCUT2D eigenvalue weighted by molar-refractivity contribution is 5.05. The van der Waals surface area contributed by atoms with Crippen molar-refractivity contribution >= 4 is 0 Å². The zero-order chi connectivity index (χ0) is 12.2. The van der Waals surface area contributed by atoms with E-state index in [1.54, 1.807) is 0 Å². The maximum atomic E-state index is 10.2. The van der Waals surface area contributed by atoms with Gasteiger partial charge in [0, 0.05) is 6.54 Å². The second kappa shape index (κ2) is 5.51. The highest BCUT2D eigenvalue weighted by atomic mass is 16.3. The molecule has 16 heavy (non-hydrogen) atoms. The molecule has 1 rings (SSSR count). The standard InChI is InChI=1S/C13H23NO2/c1-5-10(2)13(4,15)9-14-8-12-7-6-11(3)16-12/h6-7,10,14-15H,5,8-9H2,1-4H3. The summed E-state index contributed by atoms with van der Waals surface area (Å²) in [5.74, 6) is 2.13. The lowest BCUT2D eigenvalue weighted by atomic mass is 9.89. The first kappa shape index (κ1) is 13.3. The Bertz CT molecular complexity index is 317. The smallest absolute Gasteiger partial charge is 0.117 e. The Labute approximate surface area is 97.9 Å². The molecule has 0 aliphatic carbocycles. The van der Waals surface area contributed by atoms with Crippen molar-refractivity contribution in [1.29, 1.82) is 0 Å². The van der Waals surface area contributed by atoms with Gasteiger partial charge in [-0.1, -0.05) is 20.3 Å². The lowest BCUT2D eigenvalue weighted by molar-refractivity contribution is 0.00504. The van der Waals surface area contributed by atoms with Crippen LogP contribution in [0, 0.1) is 12.8 Å². The van der Waals surface area contributed by atoms with E-state index in [-0.39, 0.29) is 0 Å². The number of furan rings is 1. The molecule has 1 aromatic heterocycles. The molecule has 92 valence electrons. The molecule has 0 aromatic carbocycles. The Kier molecular flexibility index (Phi) is 4.56. The first-order valence-electron chi connectivity index (χ1n) is 5.94. The number of aryl methyl sites for hydroxylation is 1. The summed E-state index contributed by atoms with van der Waals surface area (Å²) in [4.78, 5) is 0. The van der Waals surface area contributed by atoms with Gasteiger partial charge in [-0.3, -0.25) is 0 Å². The third-order valence-corrected chi connectivity index (χ3v) is 3.25. The van der Waals surface area contributed by atoms with Crippen molar-refractivity contribution < 1.29 is 9.52 Å². The van der Waals surface area contributed by atoms with Crippen molar-refractivity contribution in [3.63, 3.8) is 0 Å². The van der Waals surface area contributed by atoms with Crippen molar-refractivity contribution in [3.8, 4) is 0 Å². The molecular formula is C13H23NO2. The van der Waals surface area contributed by atoms with Crippen LogP contribution in [-0.2, 0) is 6.54 Å². The summed E-state index contributed by atoms with van der Waals surface area (Å²) in [5, 5.41) is 13.4. The molecule has 0 aliphatic heterocycles. The van der Waals surface area contributed by atoms with E-state index in [1.165, 1.54) is 0 Å². The quantitative estimate of drug-likeness (QED) is 0.781. The fraction of sp³-hybridized carbons (Fsp3) is 0.692. The third-order valence-electron chi connectivity index (χ3n) is 3.25. The average molecular weight is 225 g/mol. The van der Waals surface area contributed by atoms with Crippen LogP contribution in [0.1, 0.15) is 38.7 Å². The number of hydrogen-bond acceptors (Lipinski definition) is 3. The first-order chi connectivity index (χ1) is 7.45. The van der Waals surface area contributed by atoms with Gasteiger partial charge >= 0.3 is 0 Å². The van der Waals surface area contributed by atoms with Gasteiger partial charge < -0.3 is 14.8 Å². The Hall–Kier alpha value is -0.800. The molecule has 1 heterocycles. The lowest BCUT2D eigenvalue weighted by Crippen LogP contribution is -2.42. The van der Waals surface area contributed by atoms with Crippen LogP contribution in [0.2, 0.25) is 0 Å². The largest absolute Gasteiger partial charge is 0.465 e. The molecule has 3 nitrogen and oxygen atoms in total. The van der Waals surface area contributed by atoms with Crippen LogP contribution in [0.3, 0.4) is 0 Å². The lowest BCUT2D eigenvalue weighted by Gasteiger charge is -2.29. The molecule has 2 N–H and O–H groups in total. The van der Waals surface area contributed by atoms with Gasteiger partial charge in [-0.05, 0) is 31.9 Å². The summed E-state index contributed by atoms with van der Waals surface area (Å²) in [6, 6.07) is 3.91. The van der Waals surface area contributed by atoms with E-state index in [0.717, 1.165) is 17.9 Å². The SMILES string of the molecule is CCC(C)C(C)(O)CNCc1ccc(C)o1. The molecule has 0 fully saturated rings. The minimum absolute atomic E-state index is 0.290. The van der Waals surface area contributed by atoms with Gasteiger partial charge in [0.2, 0.25) is 0 Å². The topological polar surface area (TPSA) is 45.4 Å².